The summed E-state index contributed by atoms with van der Waals surface area (Å²) in [7, 11) is 0. The molecule has 19 heavy (non-hydrogen) atoms. The summed E-state index contributed by atoms with van der Waals surface area (Å²) in [6.45, 7) is 5.20. The van der Waals surface area contributed by atoms with Gasteiger partial charge in [-0.1, -0.05) is 42.8 Å². The molecule has 2 aromatic rings. The molecule has 0 aliphatic heterocycles. The highest BCUT2D eigenvalue weighted by Gasteiger charge is 2.14. The number of hydrogen-bond donors (Lipinski definition) is 1. The zero-order valence-electron chi connectivity index (χ0n) is 11.4. The molecule has 0 radical (unpaired) electrons. The molecule has 1 aromatic heterocycles. The van der Waals surface area contributed by atoms with Gasteiger partial charge in [0.05, 0.1) is 5.02 Å². The van der Waals surface area contributed by atoms with Crippen molar-refractivity contribution in [3.63, 3.8) is 0 Å². The molecule has 0 aliphatic rings. The number of likely N-dealkylation sites (N-methyl/N-ethyl adjacent to an activating group) is 1. The molecule has 0 bridgehead atoms. The molecule has 0 aliphatic carbocycles. The second kappa shape index (κ2) is 6.69. The molecular formula is C16H19ClN2. The van der Waals surface area contributed by atoms with E-state index in [0.717, 1.165) is 23.6 Å². The number of hydrogen-bond acceptors (Lipinski definition) is 2. The average Bonchev–Trinajstić information content (AvgIpc) is 2.41. The van der Waals surface area contributed by atoms with E-state index in [1.165, 1.54) is 11.1 Å². The van der Waals surface area contributed by atoms with Crippen molar-refractivity contribution in [2.24, 2.45) is 0 Å². The first-order chi connectivity index (χ1) is 9.22. The van der Waals surface area contributed by atoms with E-state index >= 15 is 0 Å². The van der Waals surface area contributed by atoms with Crippen LogP contribution in [0.4, 0.5) is 0 Å². The second-order valence-corrected chi connectivity index (χ2v) is 5.05. The van der Waals surface area contributed by atoms with E-state index in [4.69, 9.17) is 11.6 Å². The topological polar surface area (TPSA) is 24.9 Å². The molecule has 0 saturated heterocycles. The molecule has 1 unspecified atom stereocenters. The van der Waals surface area contributed by atoms with Gasteiger partial charge < -0.3 is 5.32 Å². The fourth-order valence-corrected chi connectivity index (χ4v) is 2.50. The number of pyridine rings is 1. The van der Waals surface area contributed by atoms with Crippen LogP contribution in [-0.4, -0.2) is 11.5 Å². The van der Waals surface area contributed by atoms with Crippen LogP contribution in [0.25, 0.3) is 0 Å². The maximum atomic E-state index is 6.21. The average molecular weight is 275 g/mol. The van der Waals surface area contributed by atoms with Crippen LogP contribution in [-0.2, 0) is 6.42 Å². The molecular weight excluding hydrogens is 256 g/mol. The van der Waals surface area contributed by atoms with Gasteiger partial charge in [-0.15, -0.1) is 0 Å². The Morgan fingerprint density at radius 3 is 2.74 bits per heavy atom. The van der Waals surface area contributed by atoms with Crippen molar-refractivity contribution in [1.82, 2.24) is 10.3 Å². The maximum absolute atomic E-state index is 6.21. The van der Waals surface area contributed by atoms with Gasteiger partial charge in [0.1, 0.15) is 0 Å². The van der Waals surface area contributed by atoms with Crippen LogP contribution in [0.5, 0.6) is 0 Å². The zero-order chi connectivity index (χ0) is 13.7. The fourth-order valence-electron chi connectivity index (χ4n) is 2.31. The van der Waals surface area contributed by atoms with Crippen LogP contribution in [0.3, 0.4) is 0 Å². The van der Waals surface area contributed by atoms with Gasteiger partial charge in [-0.2, -0.15) is 0 Å². The minimum Gasteiger partial charge on any atom is -0.310 e. The van der Waals surface area contributed by atoms with E-state index < -0.39 is 0 Å². The molecule has 1 heterocycles. The molecule has 2 nitrogen and oxygen atoms in total. The van der Waals surface area contributed by atoms with Crippen molar-refractivity contribution in [1.29, 1.82) is 0 Å². The summed E-state index contributed by atoms with van der Waals surface area (Å²) >= 11 is 6.21. The summed E-state index contributed by atoms with van der Waals surface area (Å²) in [5, 5.41) is 4.27. The van der Waals surface area contributed by atoms with Crippen molar-refractivity contribution < 1.29 is 0 Å². The van der Waals surface area contributed by atoms with Crippen LogP contribution < -0.4 is 5.32 Å². The van der Waals surface area contributed by atoms with E-state index in [0.29, 0.717) is 0 Å². The summed E-state index contributed by atoms with van der Waals surface area (Å²) < 4.78 is 0. The molecule has 0 saturated carbocycles. The van der Waals surface area contributed by atoms with E-state index in [2.05, 4.69) is 48.4 Å². The molecule has 0 amide bonds. The molecule has 2 rings (SSSR count). The van der Waals surface area contributed by atoms with Crippen molar-refractivity contribution >= 4 is 11.6 Å². The Kier molecular flexibility index (Phi) is 4.94. The summed E-state index contributed by atoms with van der Waals surface area (Å²) in [5.74, 6) is 0. The second-order valence-electron chi connectivity index (χ2n) is 4.64. The van der Waals surface area contributed by atoms with Gasteiger partial charge in [0.2, 0.25) is 0 Å². The number of aryl methyl sites for hydroxylation is 1. The van der Waals surface area contributed by atoms with Gasteiger partial charge in [-0.25, -0.2) is 0 Å². The number of nitrogens with one attached hydrogen (secondary N) is 1. The Bertz CT molecular complexity index is 540. The summed E-state index contributed by atoms with van der Waals surface area (Å²) in [6, 6.07) is 10.8. The lowest BCUT2D eigenvalue weighted by Gasteiger charge is -2.21. The largest absolute Gasteiger partial charge is 0.310 e. The first kappa shape index (κ1) is 14.0. The van der Waals surface area contributed by atoms with Crippen molar-refractivity contribution in [2.75, 3.05) is 6.54 Å². The lowest BCUT2D eigenvalue weighted by atomic mass is 9.96. The third-order valence-corrected chi connectivity index (χ3v) is 3.64. The Morgan fingerprint density at radius 1 is 1.26 bits per heavy atom. The summed E-state index contributed by atoms with van der Waals surface area (Å²) in [4.78, 5) is 4.04. The van der Waals surface area contributed by atoms with Gasteiger partial charge in [-0.3, -0.25) is 4.98 Å². The normalized spacial score (nSPS) is 12.4. The van der Waals surface area contributed by atoms with Crippen LogP contribution >= 0.6 is 11.6 Å². The predicted molar refractivity (Wildman–Crippen MR) is 80.5 cm³/mol. The van der Waals surface area contributed by atoms with Crippen molar-refractivity contribution in [2.45, 2.75) is 26.3 Å². The fraction of sp³-hybridized carbons (Fsp3) is 0.312. The zero-order valence-corrected chi connectivity index (χ0v) is 12.1. The minimum absolute atomic E-state index is 0.283. The number of rotatable bonds is 5. The Balaban J connectivity index is 2.27. The van der Waals surface area contributed by atoms with E-state index in [-0.39, 0.29) is 6.04 Å². The third-order valence-electron chi connectivity index (χ3n) is 3.29. The maximum Gasteiger partial charge on any atom is 0.0622 e. The van der Waals surface area contributed by atoms with Crippen LogP contribution in [0.2, 0.25) is 5.02 Å². The Labute approximate surface area is 119 Å². The molecule has 1 N–H and O–H groups in total. The van der Waals surface area contributed by atoms with E-state index in [1.54, 1.807) is 12.4 Å². The van der Waals surface area contributed by atoms with Crippen molar-refractivity contribution in [3.05, 3.63) is 64.4 Å². The highest BCUT2D eigenvalue weighted by atomic mass is 35.5. The monoisotopic (exact) mass is 274 g/mol. The van der Waals surface area contributed by atoms with Crippen LogP contribution in [0.1, 0.15) is 29.7 Å². The van der Waals surface area contributed by atoms with Crippen molar-refractivity contribution in [3.8, 4) is 0 Å². The SMILES string of the molecule is CCNC(Cc1ccncc1Cl)c1ccccc1C. The van der Waals surface area contributed by atoms with Crippen LogP contribution in [0, 0.1) is 6.92 Å². The lowest BCUT2D eigenvalue weighted by molar-refractivity contribution is 0.547. The Hall–Kier alpha value is -1.38. The van der Waals surface area contributed by atoms with E-state index in [1.807, 2.05) is 6.07 Å². The first-order valence-corrected chi connectivity index (χ1v) is 6.97. The highest BCUT2D eigenvalue weighted by molar-refractivity contribution is 6.31. The van der Waals surface area contributed by atoms with Gasteiger partial charge >= 0.3 is 0 Å². The molecule has 100 valence electrons. The highest BCUT2D eigenvalue weighted by Crippen LogP contribution is 2.24. The Morgan fingerprint density at radius 2 is 2.05 bits per heavy atom. The third kappa shape index (κ3) is 3.55. The van der Waals surface area contributed by atoms with Gasteiger partial charge in [0.15, 0.2) is 0 Å². The summed E-state index contributed by atoms with van der Waals surface area (Å²) in [6.07, 6.45) is 4.37. The number of halogens is 1. The van der Waals surface area contributed by atoms with Gasteiger partial charge in [-0.05, 0) is 42.6 Å². The molecule has 1 aromatic carbocycles. The minimum atomic E-state index is 0.283. The van der Waals surface area contributed by atoms with Crippen LogP contribution in [0.15, 0.2) is 42.7 Å². The first-order valence-electron chi connectivity index (χ1n) is 6.59. The number of benzene rings is 1. The quantitative estimate of drug-likeness (QED) is 0.893. The number of nitrogens with zero attached hydrogens (tertiary/aromatic N) is 1. The molecule has 0 spiro atoms. The molecule has 1 atom stereocenters. The standard InChI is InChI=1S/C16H19ClN2/c1-3-19-16(14-7-5-4-6-12(14)2)10-13-8-9-18-11-15(13)17/h4-9,11,16,19H,3,10H2,1-2H3. The molecule has 0 fully saturated rings. The van der Waals surface area contributed by atoms with Gasteiger partial charge in [0.25, 0.3) is 0 Å². The smallest absolute Gasteiger partial charge is 0.0622 e. The van der Waals surface area contributed by atoms with Gasteiger partial charge in [0, 0.05) is 18.4 Å². The van der Waals surface area contributed by atoms with E-state index in [9.17, 15) is 0 Å². The predicted octanol–water partition coefficient (Wildman–Crippen LogP) is 3.94. The summed E-state index contributed by atoms with van der Waals surface area (Å²) in [5.41, 5.74) is 3.77. The number of aromatic nitrogens is 1. The molecule has 3 heteroatoms. The lowest BCUT2D eigenvalue weighted by Crippen LogP contribution is -2.23.